The lowest BCUT2D eigenvalue weighted by atomic mass is 9.95. The van der Waals surface area contributed by atoms with Crippen LogP contribution in [0.4, 0.5) is 5.82 Å². The maximum Gasteiger partial charge on any atom is 0.137 e. The molecule has 2 saturated carbocycles. The third-order valence-corrected chi connectivity index (χ3v) is 5.27. The van der Waals surface area contributed by atoms with E-state index in [0.29, 0.717) is 11.0 Å². The van der Waals surface area contributed by atoms with E-state index in [2.05, 4.69) is 11.4 Å². The molecular formula is C17H19N3S. The standard InChI is InChI=1S/C17H19N3S/c18-16(21)13-9-11-3-1-2-4-14(11)19-17(13)20-15-8-10-5-6-12(15)7-10/h1-4,9-10,12,15H,5-8H2,(H2,18,21)(H,19,20). The number of hydrogen-bond donors (Lipinski definition) is 2. The molecule has 1 aromatic carbocycles. The van der Waals surface area contributed by atoms with Crippen molar-refractivity contribution in [1.82, 2.24) is 4.98 Å². The van der Waals surface area contributed by atoms with Gasteiger partial charge in [-0.3, -0.25) is 0 Å². The summed E-state index contributed by atoms with van der Waals surface area (Å²) < 4.78 is 0. The molecule has 0 aliphatic heterocycles. The summed E-state index contributed by atoms with van der Waals surface area (Å²) in [6.07, 6.45) is 5.37. The van der Waals surface area contributed by atoms with Crippen LogP contribution in [0.2, 0.25) is 0 Å². The van der Waals surface area contributed by atoms with Gasteiger partial charge in [0.1, 0.15) is 10.8 Å². The zero-order chi connectivity index (χ0) is 14.4. The van der Waals surface area contributed by atoms with Crippen molar-refractivity contribution in [3.05, 3.63) is 35.9 Å². The number of hydrogen-bond acceptors (Lipinski definition) is 3. The van der Waals surface area contributed by atoms with Gasteiger partial charge in [-0.25, -0.2) is 4.98 Å². The molecule has 2 bridgehead atoms. The average molecular weight is 297 g/mol. The monoisotopic (exact) mass is 297 g/mol. The molecule has 4 rings (SSSR count). The summed E-state index contributed by atoms with van der Waals surface area (Å²) in [4.78, 5) is 5.18. The van der Waals surface area contributed by atoms with Crippen molar-refractivity contribution in [2.45, 2.75) is 31.7 Å². The minimum atomic E-state index is 0.416. The summed E-state index contributed by atoms with van der Waals surface area (Å²) in [6, 6.07) is 10.7. The van der Waals surface area contributed by atoms with E-state index in [0.717, 1.165) is 34.1 Å². The van der Waals surface area contributed by atoms with Crippen LogP contribution in [0, 0.1) is 11.8 Å². The van der Waals surface area contributed by atoms with Gasteiger partial charge in [-0.1, -0.05) is 36.8 Å². The van der Waals surface area contributed by atoms with Crippen molar-refractivity contribution in [3.8, 4) is 0 Å². The first kappa shape index (κ1) is 13.0. The highest BCUT2D eigenvalue weighted by Crippen LogP contribution is 2.45. The number of anilines is 1. The lowest BCUT2D eigenvalue weighted by molar-refractivity contribution is 0.439. The smallest absolute Gasteiger partial charge is 0.137 e. The number of benzene rings is 1. The summed E-state index contributed by atoms with van der Waals surface area (Å²) in [6.45, 7) is 0. The molecule has 2 aliphatic rings. The van der Waals surface area contributed by atoms with Crippen LogP contribution in [0.1, 0.15) is 31.2 Å². The number of fused-ring (bicyclic) bond motifs is 3. The number of para-hydroxylation sites is 1. The van der Waals surface area contributed by atoms with Crippen LogP contribution in [0.15, 0.2) is 30.3 Å². The number of aromatic nitrogens is 1. The molecule has 2 aromatic rings. The third kappa shape index (κ3) is 2.27. The first-order chi connectivity index (χ1) is 10.2. The van der Waals surface area contributed by atoms with Crippen LogP contribution in [0.3, 0.4) is 0 Å². The number of nitrogens with one attached hydrogen (secondary N) is 1. The average Bonchev–Trinajstić information content (AvgIpc) is 3.09. The van der Waals surface area contributed by atoms with Crippen molar-refractivity contribution in [1.29, 1.82) is 0 Å². The molecule has 0 radical (unpaired) electrons. The van der Waals surface area contributed by atoms with Crippen molar-refractivity contribution in [3.63, 3.8) is 0 Å². The fourth-order valence-electron chi connectivity index (χ4n) is 4.01. The molecule has 0 saturated heterocycles. The Morgan fingerprint density at radius 1 is 1.24 bits per heavy atom. The molecule has 21 heavy (non-hydrogen) atoms. The SMILES string of the molecule is NC(=S)c1cc2ccccc2nc1NC1CC2CCC1C2. The van der Waals surface area contributed by atoms with E-state index in [1.807, 2.05) is 24.3 Å². The molecule has 3 nitrogen and oxygen atoms in total. The second-order valence-electron chi connectivity index (χ2n) is 6.37. The van der Waals surface area contributed by atoms with Crippen LogP contribution in [-0.2, 0) is 0 Å². The lowest BCUT2D eigenvalue weighted by Gasteiger charge is -2.24. The molecule has 3 atom stereocenters. The maximum absolute atomic E-state index is 5.91. The predicted molar refractivity (Wildman–Crippen MR) is 90.5 cm³/mol. The van der Waals surface area contributed by atoms with Gasteiger partial charge in [0.25, 0.3) is 0 Å². The molecule has 1 heterocycles. The van der Waals surface area contributed by atoms with Crippen LogP contribution >= 0.6 is 12.2 Å². The summed E-state index contributed by atoms with van der Waals surface area (Å²) in [5, 5.41) is 4.72. The number of nitrogens with zero attached hydrogens (tertiary/aromatic N) is 1. The van der Waals surface area contributed by atoms with E-state index in [1.165, 1.54) is 25.7 Å². The minimum absolute atomic E-state index is 0.416. The Hall–Kier alpha value is -1.68. The topological polar surface area (TPSA) is 50.9 Å². The molecule has 3 unspecified atom stereocenters. The first-order valence-electron chi connectivity index (χ1n) is 7.67. The number of nitrogens with two attached hydrogens (primary N) is 1. The minimum Gasteiger partial charge on any atom is -0.389 e. The van der Waals surface area contributed by atoms with Crippen molar-refractivity contribution < 1.29 is 0 Å². The quantitative estimate of drug-likeness (QED) is 0.852. The summed E-state index contributed by atoms with van der Waals surface area (Å²) in [7, 11) is 0. The lowest BCUT2D eigenvalue weighted by Crippen LogP contribution is -2.28. The normalized spacial score (nSPS) is 27.1. The fraction of sp³-hybridized carbons (Fsp3) is 0.412. The van der Waals surface area contributed by atoms with E-state index in [1.54, 1.807) is 0 Å². The highest BCUT2D eigenvalue weighted by molar-refractivity contribution is 7.80. The molecule has 0 spiro atoms. The van der Waals surface area contributed by atoms with E-state index >= 15 is 0 Å². The van der Waals surface area contributed by atoms with E-state index < -0.39 is 0 Å². The fourth-order valence-corrected chi connectivity index (χ4v) is 4.17. The van der Waals surface area contributed by atoms with E-state index in [4.69, 9.17) is 22.9 Å². The van der Waals surface area contributed by atoms with Gasteiger partial charge in [0.2, 0.25) is 0 Å². The molecule has 4 heteroatoms. The van der Waals surface area contributed by atoms with Gasteiger partial charge in [-0.2, -0.15) is 0 Å². The Kier molecular flexibility index (Phi) is 3.07. The second kappa shape index (κ2) is 4.95. The van der Waals surface area contributed by atoms with Gasteiger partial charge in [-0.05, 0) is 43.2 Å². The molecular weight excluding hydrogens is 278 g/mol. The molecule has 3 N–H and O–H groups in total. The molecule has 108 valence electrons. The molecule has 2 fully saturated rings. The highest BCUT2D eigenvalue weighted by atomic mass is 32.1. The predicted octanol–water partition coefficient (Wildman–Crippen LogP) is 3.47. The Bertz CT molecular complexity index is 712. The van der Waals surface area contributed by atoms with E-state index in [-0.39, 0.29) is 0 Å². The van der Waals surface area contributed by atoms with Gasteiger partial charge in [0, 0.05) is 11.4 Å². The van der Waals surface area contributed by atoms with Crippen LogP contribution in [-0.4, -0.2) is 16.0 Å². The second-order valence-corrected chi connectivity index (χ2v) is 6.81. The molecule has 0 amide bonds. The Morgan fingerprint density at radius 2 is 2.10 bits per heavy atom. The van der Waals surface area contributed by atoms with Gasteiger partial charge in [0.05, 0.1) is 11.1 Å². The Labute approximate surface area is 129 Å². The first-order valence-corrected chi connectivity index (χ1v) is 8.07. The maximum atomic E-state index is 5.91. The zero-order valence-electron chi connectivity index (χ0n) is 11.9. The molecule has 2 aliphatic carbocycles. The van der Waals surface area contributed by atoms with Crippen LogP contribution < -0.4 is 11.1 Å². The van der Waals surface area contributed by atoms with Gasteiger partial charge in [-0.15, -0.1) is 0 Å². The summed E-state index contributed by atoms with van der Waals surface area (Å²) >= 11 is 5.22. The van der Waals surface area contributed by atoms with Crippen LogP contribution in [0.25, 0.3) is 10.9 Å². The van der Waals surface area contributed by atoms with Crippen molar-refractivity contribution in [2.24, 2.45) is 17.6 Å². The summed E-state index contributed by atoms with van der Waals surface area (Å²) in [5.41, 5.74) is 7.76. The Balaban J connectivity index is 1.72. The summed E-state index contributed by atoms with van der Waals surface area (Å²) in [5.74, 6) is 2.56. The number of rotatable bonds is 3. The van der Waals surface area contributed by atoms with E-state index in [9.17, 15) is 0 Å². The largest absolute Gasteiger partial charge is 0.389 e. The highest BCUT2D eigenvalue weighted by Gasteiger charge is 2.39. The zero-order valence-corrected chi connectivity index (χ0v) is 12.7. The van der Waals surface area contributed by atoms with Crippen molar-refractivity contribution in [2.75, 3.05) is 5.32 Å². The van der Waals surface area contributed by atoms with Gasteiger partial charge < -0.3 is 11.1 Å². The third-order valence-electron chi connectivity index (χ3n) is 5.05. The van der Waals surface area contributed by atoms with Gasteiger partial charge >= 0.3 is 0 Å². The number of pyridine rings is 1. The van der Waals surface area contributed by atoms with Crippen molar-refractivity contribution >= 4 is 33.9 Å². The molecule has 1 aromatic heterocycles. The van der Waals surface area contributed by atoms with Crippen LogP contribution in [0.5, 0.6) is 0 Å². The number of thiocarbonyl (C=S) groups is 1. The van der Waals surface area contributed by atoms with Gasteiger partial charge in [0.15, 0.2) is 0 Å². The Morgan fingerprint density at radius 3 is 2.81 bits per heavy atom.